The molecule has 0 amide bonds. The number of hydrogen-bond acceptors (Lipinski definition) is 1. The van der Waals surface area contributed by atoms with Crippen molar-refractivity contribution in [2.24, 2.45) is 0 Å². The van der Waals surface area contributed by atoms with Gasteiger partial charge in [-0.3, -0.25) is 5.32 Å². The van der Waals surface area contributed by atoms with E-state index in [0.29, 0.717) is 6.54 Å². The van der Waals surface area contributed by atoms with Gasteiger partial charge in [0.15, 0.2) is 0 Å². The maximum absolute atomic E-state index is 5.91. The molecule has 0 heterocycles. The lowest BCUT2D eigenvalue weighted by atomic mass is 9.99. The summed E-state index contributed by atoms with van der Waals surface area (Å²) in [6, 6.07) is 18.5. The van der Waals surface area contributed by atoms with Crippen LogP contribution in [0.4, 0.5) is 0 Å². The van der Waals surface area contributed by atoms with Crippen LogP contribution in [0.25, 0.3) is 0 Å². The molecule has 0 fully saturated rings. The Morgan fingerprint density at radius 2 is 1.74 bits per heavy atom. The molecule has 19 heavy (non-hydrogen) atoms. The van der Waals surface area contributed by atoms with Crippen LogP contribution < -0.4 is 5.32 Å². The van der Waals surface area contributed by atoms with Crippen LogP contribution in [0.1, 0.15) is 17.2 Å². The molecule has 1 unspecified atom stereocenters. The smallest absolute Gasteiger partial charge is 0.0578 e. The highest BCUT2D eigenvalue weighted by molar-refractivity contribution is 6.30. The molecule has 0 saturated heterocycles. The highest BCUT2D eigenvalue weighted by Crippen LogP contribution is 2.19. The summed E-state index contributed by atoms with van der Waals surface area (Å²) in [7, 11) is 0. The molecule has 0 aliphatic rings. The van der Waals surface area contributed by atoms with Crippen molar-refractivity contribution >= 4 is 11.6 Å². The lowest BCUT2D eigenvalue weighted by molar-refractivity contribution is 0.569. The summed E-state index contributed by atoms with van der Waals surface area (Å²) < 4.78 is 0. The molecule has 0 aromatic heterocycles. The van der Waals surface area contributed by atoms with Gasteiger partial charge in [0, 0.05) is 11.1 Å². The molecule has 2 rings (SSSR count). The third-order valence-electron chi connectivity index (χ3n) is 3.01. The standard InChI is InChI=1S/C17H16ClN/c1-2-12-19-17(15-6-4-3-5-7-15)13-14-8-10-16(18)11-9-14/h1,3-11,17,19H,12-13H2. The molecule has 0 spiro atoms. The van der Waals surface area contributed by atoms with Gasteiger partial charge in [-0.25, -0.2) is 0 Å². The Morgan fingerprint density at radius 3 is 2.37 bits per heavy atom. The minimum Gasteiger partial charge on any atom is -0.299 e. The first-order valence-corrected chi connectivity index (χ1v) is 6.63. The van der Waals surface area contributed by atoms with Gasteiger partial charge < -0.3 is 0 Å². The Labute approximate surface area is 119 Å². The van der Waals surface area contributed by atoms with Gasteiger partial charge in [0.05, 0.1) is 6.54 Å². The monoisotopic (exact) mass is 269 g/mol. The number of halogens is 1. The van der Waals surface area contributed by atoms with E-state index in [2.05, 4.69) is 35.5 Å². The molecule has 1 N–H and O–H groups in total. The Balaban J connectivity index is 2.14. The highest BCUT2D eigenvalue weighted by Gasteiger charge is 2.10. The first-order valence-electron chi connectivity index (χ1n) is 6.26. The van der Waals surface area contributed by atoms with Gasteiger partial charge in [0.2, 0.25) is 0 Å². The zero-order valence-corrected chi connectivity index (χ0v) is 11.4. The molecular weight excluding hydrogens is 254 g/mol. The molecule has 96 valence electrons. The normalized spacial score (nSPS) is 11.8. The third-order valence-corrected chi connectivity index (χ3v) is 3.26. The number of terminal acetylenes is 1. The van der Waals surface area contributed by atoms with Gasteiger partial charge in [-0.2, -0.15) is 0 Å². The van der Waals surface area contributed by atoms with Gasteiger partial charge in [-0.1, -0.05) is 60.0 Å². The Hall–Kier alpha value is -1.75. The third kappa shape index (κ3) is 4.13. The van der Waals surface area contributed by atoms with Crippen LogP contribution in [-0.4, -0.2) is 6.54 Å². The van der Waals surface area contributed by atoms with Crippen molar-refractivity contribution < 1.29 is 0 Å². The second-order valence-electron chi connectivity index (χ2n) is 4.38. The van der Waals surface area contributed by atoms with Crippen molar-refractivity contribution in [2.75, 3.05) is 6.54 Å². The molecule has 2 aromatic rings. The molecule has 0 saturated carbocycles. The van der Waals surface area contributed by atoms with E-state index in [-0.39, 0.29) is 6.04 Å². The van der Waals surface area contributed by atoms with E-state index in [0.717, 1.165) is 11.4 Å². The minimum absolute atomic E-state index is 0.221. The zero-order chi connectivity index (χ0) is 13.5. The van der Waals surface area contributed by atoms with E-state index in [9.17, 15) is 0 Å². The highest BCUT2D eigenvalue weighted by atomic mass is 35.5. The largest absolute Gasteiger partial charge is 0.299 e. The second kappa shape index (κ2) is 6.99. The first kappa shape index (κ1) is 13.7. The van der Waals surface area contributed by atoms with Crippen molar-refractivity contribution in [3.05, 3.63) is 70.7 Å². The second-order valence-corrected chi connectivity index (χ2v) is 4.82. The number of benzene rings is 2. The summed E-state index contributed by atoms with van der Waals surface area (Å²) in [5, 5.41) is 4.14. The van der Waals surface area contributed by atoms with Gasteiger partial charge in [0.25, 0.3) is 0 Å². The quantitative estimate of drug-likeness (QED) is 0.813. The summed E-state index contributed by atoms with van der Waals surface area (Å²) in [5.74, 6) is 2.63. The molecule has 0 aliphatic carbocycles. The van der Waals surface area contributed by atoms with Gasteiger partial charge in [-0.15, -0.1) is 6.42 Å². The number of hydrogen-bond donors (Lipinski definition) is 1. The predicted octanol–water partition coefficient (Wildman–Crippen LogP) is 3.85. The van der Waals surface area contributed by atoms with Crippen molar-refractivity contribution in [3.8, 4) is 12.3 Å². The summed E-state index contributed by atoms with van der Waals surface area (Å²) in [6.07, 6.45) is 6.23. The van der Waals surface area contributed by atoms with Gasteiger partial charge >= 0.3 is 0 Å². The minimum atomic E-state index is 0.221. The van der Waals surface area contributed by atoms with Crippen LogP contribution in [0.3, 0.4) is 0 Å². The van der Waals surface area contributed by atoms with Crippen LogP contribution in [0.2, 0.25) is 5.02 Å². The van der Waals surface area contributed by atoms with Crippen molar-refractivity contribution in [1.82, 2.24) is 5.32 Å². The van der Waals surface area contributed by atoms with Crippen LogP contribution >= 0.6 is 11.6 Å². The first-order chi connectivity index (χ1) is 9.29. The maximum atomic E-state index is 5.91. The van der Waals surface area contributed by atoms with E-state index >= 15 is 0 Å². The molecule has 2 heteroatoms. The van der Waals surface area contributed by atoms with Crippen LogP contribution in [0.15, 0.2) is 54.6 Å². The predicted molar refractivity (Wildman–Crippen MR) is 81.2 cm³/mol. The van der Waals surface area contributed by atoms with E-state index in [1.807, 2.05) is 30.3 Å². The fourth-order valence-electron chi connectivity index (χ4n) is 2.03. The zero-order valence-electron chi connectivity index (χ0n) is 10.6. The summed E-state index contributed by atoms with van der Waals surface area (Å²) in [6.45, 7) is 0.563. The molecule has 2 aromatic carbocycles. The molecular formula is C17H16ClN. The van der Waals surface area contributed by atoms with Gasteiger partial charge in [-0.05, 0) is 29.7 Å². The number of nitrogens with one attached hydrogen (secondary N) is 1. The fourth-order valence-corrected chi connectivity index (χ4v) is 2.16. The Bertz CT molecular complexity index is 540. The average molecular weight is 270 g/mol. The lowest BCUT2D eigenvalue weighted by Crippen LogP contribution is -2.23. The van der Waals surface area contributed by atoms with Crippen molar-refractivity contribution in [1.29, 1.82) is 0 Å². The maximum Gasteiger partial charge on any atom is 0.0578 e. The van der Waals surface area contributed by atoms with Crippen molar-refractivity contribution in [2.45, 2.75) is 12.5 Å². The molecule has 1 atom stereocenters. The average Bonchev–Trinajstić information content (AvgIpc) is 2.46. The number of rotatable bonds is 5. The van der Waals surface area contributed by atoms with Crippen LogP contribution in [-0.2, 0) is 6.42 Å². The van der Waals surface area contributed by atoms with Crippen LogP contribution in [0.5, 0.6) is 0 Å². The van der Waals surface area contributed by atoms with Crippen molar-refractivity contribution in [3.63, 3.8) is 0 Å². The van der Waals surface area contributed by atoms with Crippen LogP contribution in [0, 0.1) is 12.3 Å². The van der Waals surface area contributed by atoms with E-state index in [1.54, 1.807) is 0 Å². The molecule has 0 radical (unpaired) electrons. The topological polar surface area (TPSA) is 12.0 Å². The SMILES string of the molecule is C#CCNC(Cc1ccc(Cl)cc1)c1ccccc1. The molecule has 1 nitrogen and oxygen atoms in total. The lowest BCUT2D eigenvalue weighted by Gasteiger charge is -2.18. The molecule has 0 aliphatic heterocycles. The molecule has 0 bridgehead atoms. The fraction of sp³-hybridized carbons (Fsp3) is 0.176. The van der Waals surface area contributed by atoms with E-state index in [1.165, 1.54) is 11.1 Å². The Kier molecular flexibility index (Phi) is 5.03. The Morgan fingerprint density at radius 1 is 1.05 bits per heavy atom. The van der Waals surface area contributed by atoms with Gasteiger partial charge in [0.1, 0.15) is 0 Å². The van der Waals surface area contributed by atoms with E-state index in [4.69, 9.17) is 18.0 Å². The van der Waals surface area contributed by atoms with E-state index < -0.39 is 0 Å². The summed E-state index contributed by atoms with van der Waals surface area (Å²) in [5.41, 5.74) is 2.48. The summed E-state index contributed by atoms with van der Waals surface area (Å²) >= 11 is 5.91. The summed E-state index contributed by atoms with van der Waals surface area (Å²) in [4.78, 5) is 0.